The Morgan fingerprint density at radius 2 is 1.76 bits per heavy atom. The van der Waals surface area contributed by atoms with Crippen LogP contribution in [0.3, 0.4) is 0 Å². The van der Waals surface area contributed by atoms with Crippen LogP contribution in [0.2, 0.25) is 15.1 Å². The van der Waals surface area contributed by atoms with Crippen LogP contribution < -0.4 is 5.32 Å². The molecule has 1 N–H and O–H groups in total. The molecule has 0 aliphatic heterocycles. The lowest BCUT2D eigenvalue weighted by atomic mass is 10.2. The standard InChI is InChI=1S/C16H10Cl3N3O2S/c17-9-1-4-11(5-2-9)20-14(23)8-25-16-22-21-15(24-16)12-6-3-10(18)7-13(12)19/h1-7H,8H2,(H,20,23). The second-order valence-corrected chi connectivity index (χ2v) is 7.05. The molecule has 0 saturated carbocycles. The minimum atomic E-state index is -0.198. The minimum absolute atomic E-state index is 0.124. The highest BCUT2D eigenvalue weighted by molar-refractivity contribution is 7.99. The van der Waals surface area contributed by atoms with Crippen LogP contribution in [0, 0.1) is 0 Å². The maximum Gasteiger partial charge on any atom is 0.277 e. The van der Waals surface area contributed by atoms with Crippen LogP contribution in [-0.2, 0) is 4.79 Å². The number of aromatic nitrogens is 2. The average Bonchev–Trinajstić information content (AvgIpc) is 3.04. The van der Waals surface area contributed by atoms with E-state index in [0.717, 1.165) is 11.8 Å². The van der Waals surface area contributed by atoms with Gasteiger partial charge in [0.25, 0.3) is 5.22 Å². The third-order valence-corrected chi connectivity index (χ3v) is 4.64. The van der Waals surface area contributed by atoms with Crippen LogP contribution in [0.4, 0.5) is 5.69 Å². The lowest BCUT2D eigenvalue weighted by Crippen LogP contribution is -2.13. The number of hydrogen-bond acceptors (Lipinski definition) is 5. The SMILES string of the molecule is O=C(CSc1nnc(-c2ccc(Cl)cc2Cl)o1)Nc1ccc(Cl)cc1. The minimum Gasteiger partial charge on any atom is -0.411 e. The Morgan fingerprint density at radius 1 is 1.04 bits per heavy atom. The first-order valence-electron chi connectivity index (χ1n) is 6.98. The van der Waals surface area contributed by atoms with Gasteiger partial charge in [-0.2, -0.15) is 0 Å². The van der Waals surface area contributed by atoms with E-state index in [9.17, 15) is 4.79 Å². The molecule has 2 aromatic carbocycles. The van der Waals surface area contributed by atoms with Crippen molar-refractivity contribution < 1.29 is 9.21 Å². The zero-order chi connectivity index (χ0) is 17.8. The lowest BCUT2D eigenvalue weighted by Gasteiger charge is -2.03. The van der Waals surface area contributed by atoms with Crippen molar-refractivity contribution in [3.8, 4) is 11.5 Å². The van der Waals surface area contributed by atoms with E-state index in [4.69, 9.17) is 39.2 Å². The Morgan fingerprint density at radius 3 is 2.48 bits per heavy atom. The maximum atomic E-state index is 11.9. The van der Waals surface area contributed by atoms with E-state index in [1.165, 1.54) is 0 Å². The third-order valence-electron chi connectivity index (χ3n) is 3.02. The number of halogens is 3. The Balaban J connectivity index is 1.59. The van der Waals surface area contributed by atoms with Gasteiger partial charge < -0.3 is 9.73 Å². The van der Waals surface area contributed by atoms with E-state index in [0.29, 0.717) is 26.3 Å². The molecule has 0 spiro atoms. The van der Waals surface area contributed by atoms with E-state index in [2.05, 4.69) is 15.5 Å². The molecule has 0 radical (unpaired) electrons. The summed E-state index contributed by atoms with van der Waals surface area (Å²) in [6.07, 6.45) is 0. The first-order chi connectivity index (χ1) is 12.0. The molecule has 0 unspecified atom stereocenters. The summed E-state index contributed by atoms with van der Waals surface area (Å²) in [6.45, 7) is 0. The number of carbonyl (C=O) groups is 1. The smallest absolute Gasteiger partial charge is 0.277 e. The molecule has 0 aliphatic rings. The van der Waals surface area contributed by atoms with Gasteiger partial charge in [0.15, 0.2) is 0 Å². The fourth-order valence-electron chi connectivity index (χ4n) is 1.90. The number of nitrogens with one attached hydrogen (secondary N) is 1. The van der Waals surface area contributed by atoms with Gasteiger partial charge in [-0.15, -0.1) is 10.2 Å². The van der Waals surface area contributed by atoms with Crippen molar-refractivity contribution in [2.75, 3.05) is 11.1 Å². The van der Waals surface area contributed by atoms with Gasteiger partial charge in [-0.1, -0.05) is 46.6 Å². The summed E-state index contributed by atoms with van der Waals surface area (Å²) in [6, 6.07) is 11.8. The summed E-state index contributed by atoms with van der Waals surface area (Å²) in [4.78, 5) is 11.9. The van der Waals surface area contributed by atoms with E-state index in [1.54, 1.807) is 42.5 Å². The molecule has 0 bridgehead atoms. The van der Waals surface area contributed by atoms with E-state index in [1.807, 2.05) is 0 Å². The van der Waals surface area contributed by atoms with Crippen molar-refractivity contribution in [1.29, 1.82) is 0 Å². The zero-order valence-electron chi connectivity index (χ0n) is 12.5. The Labute approximate surface area is 162 Å². The monoisotopic (exact) mass is 413 g/mol. The normalized spacial score (nSPS) is 10.7. The van der Waals surface area contributed by atoms with Crippen molar-refractivity contribution in [3.05, 3.63) is 57.5 Å². The van der Waals surface area contributed by atoms with Crippen LogP contribution in [0.1, 0.15) is 0 Å². The van der Waals surface area contributed by atoms with Crippen LogP contribution in [0.15, 0.2) is 52.1 Å². The fraction of sp³-hybridized carbons (Fsp3) is 0.0625. The highest BCUT2D eigenvalue weighted by Gasteiger charge is 2.14. The molecular formula is C16H10Cl3N3O2S. The first kappa shape index (κ1) is 18.1. The average molecular weight is 415 g/mol. The molecule has 3 aromatic rings. The molecule has 1 amide bonds. The predicted molar refractivity (Wildman–Crippen MR) is 101 cm³/mol. The maximum absolute atomic E-state index is 11.9. The molecule has 25 heavy (non-hydrogen) atoms. The molecule has 1 aromatic heterocycles. The summed E-state index contributed by atoms with van der Waals surface area (Å²) in [5.41, 5.74) is 1.24. The fourth-order valence-corrected chi connectivity index (χ4v) is 3.08. The third kappa shape index (κ3) is 4.89. The highest BCUT2D eigenvalue weighted by Crippen LogP contribution is 2.31. The predicted octanol–water partition coefficient (Wildman–Crippen LogP) is 5.43. The first-order valence-corrected chi connectivity index (χ1v) is 9.10. The topological polar surface area (TPSA) is 68.0 Å². The molecule has 0 atom stereocenters. The van der Waals surface area contributed by atoms with E-state index in [-0.39, 0.29) is 22.8 Å². The summed E-state index contributed by atoms with van der Waals surface area (Å²) in [5, 5.41) is 12.4. The molecule has 128 valence electrons. The van der Waals surface area contributed by atoms with Crippen molar-refractivity contribution in [3.63, 3.8) is 0 Å². The molecule has 5 nitrogen and oxygen atoms in total. The van der Waals surface area contributed by atoms with Crippen molar-refractivity contribution >= 4 is 58.2 Å². The van der Waals surface area contributed by atoms with Crippen molar-refractivity contribution in [1.82, 2.24) is 10.2 Å². The van der Waals surface area contributed by atoms with Gasteiger partial charge in [-0.3, -0.25) is 4.79 Å². The number of anilines is 1. The van der Waals surface area contributed by atoms with Crippen molar-refractivity contribution in [2.24, 2.45) is 0 Å². The van der Waals surface area contributed by atoms with Crippen LogP contribution >= 0.6 is 46.6 Å². The lowest BCUT2D eigenvalue weighted by molar-refractivity contribution is -0.113. The van der Waals surface area contributed by atoms with Gasteiger partial charge in [0, 0.05) is 15.7 Å². The molecule has 1 heterocycles. The number of carbonyl (C=O) groups excluding carboxylic acids is 1. The molecular weight excluding hydrogens is 405 g/mol. The summed E-state index contributed by atoms with van der Waals surface area (Å²) >= 11 is 18.9. The summed E-state index contributed by atoms with van der Waals surface area (Å²) in [5.74, 6) is 0.192. The van der Waals surface area contributed by atoms with Gasteiger partial charge in [0.1, 0.15) is 0 Å². The second-order valence-electron chi connectivity index (χ2n) is 4.84. The Bertz CT molecular complexity index is 900. The molecule has 9 heteroatoms. The number of nitrogens with zero attached hydrogens (tertiary/aromatic N) is 2. The quantitative estimate of drug-likeness (QED) is 0.564. The largest absolute Gasteiger partial charge is 0.411 e. The molecule has 0 saturated heterocycles. The van der Waals surface area contributed by atoms with Gasteiger partial charge in [0.2, 0.25) is 11.8 Å². The molecule has 0 fully saturated rings. The summed E-state index contributed by atoms with van der Waals surface area (Å²) in [7, 11) is 0. The molecule has 3 rings (SSSR count). The molecule has 0 aliphatic carbocycles. The number of hydrogen-bond donors (Lipinski definition) is 1. The van der Waals surface area contributed by atoms with Gasteiger partial charge in [-0.05, 0) is 42.5 Å². The van der Waals surface area contributed by atoms with Crippen molar-refractivity contribution in [2.45, 2.75) is 5.22 Å². The number of benzene rings is 2. The van der Waals surface area contributed by atoms with Crippen LogP contribution in [-0.4, -0.2) is 21.9 Å². The van der Waals surface area contributed by atoms with Gasteiger partial charge in [-0.25, -0.2) is 0 Å². The number of rotatable bonds is 5. The van der Waals surface area contributed by atoms with Gasteiger partial charge in [0.05, 0.1) is 16.3 Å². The Kier molecular flexibility index (Phi) is 5.86. The Hall–Kier alpha value is -1.73. The summed E-state index contributed by atoms with van der Waals surface area (Å²) < 4.78 is 5.52. The number of thioether (sulfide) groups is 1. The van der Waals surface area contributed by atoms with Crippen LogP contribution in [0.25, 0.3) is 11.5 Å². The highest BCUT2D eigenvalue weighted by atomic mass is 35.5. The van der Waals surface area contributed by atoms with Gasteiger partial charge >= 0.3 is 0 Å². The van der Waals surface area contributed by atoms with E-state index < -0.39 is 0 Å². The number of amides is 1. The van der Waals surface area contributed by atoms with Crippen LogP contribution in [0.5, 0.6) is 0 Å². The zero-order valence-corrected chi connectivity index (χ0v) is 15.6. The second kappa shape index (κ2) is 8.10. The van der Waals surface area contributed by atoms with E-state index >= 15 is 0 Å².